The first-order valence-corrected chi connectivity index (χ1v) is 8.69. The Hall–Kier alpha value is -3.09. The first kappa shape index (κ1) is 18.7. The van der Waals surface area contributed by atoms with E-state index < -0.39 is 0 Å². The van der Waals surface area contributed by atoms with Crippen LogP contribution in [-0.2, 0) is 6.42 Å². The van der Waals surface area contributed by atoms with Crippen LogP contribution >= 0.6 is 0 Å². The number of aryl methyl sites for hydroxylation is 1. The van der Waals surface area contributed by atoms with Gasteiger partial charge in [-0.1, -0.05) is 6.07 Å². The van der Waals surface area contributed by atoms with Crippen LogP contribution in [0, 0.1) is 6.92 Å². The fourth-order valence-corrected chi connectivity index (χ4v) is 3.09. The van der Waals surface area contributed by atoms with Crippen molar-refractivity contribution in [1.29, 1.82) is 0 Å². The van der Waals surface area contributed by atoms with E-state index in [0.29, 0.717) is 28.6 Å². The third-order valence-corrected chi connectivity index (χ3v) is 4.43. The second-order valence-electron chi connectivity index (χ2n) is 6.28. The van der Waals surface area contributed by atoms with Gasteiger partial charge >= 0.3 is 0 Å². The summed E-state index contributed by atoms with van der Waals surface area (Å²) in [4.78, 5) is 13.3. The van der Waals surface area contributed by atoms with Crippen LogP contribution in [0.2, 0.25) is 0 Å². The normalized spacial score (nSPS) is 11.9. The molecule has 1 N–H and O–H groups in total. The van der Waals surface area contributed by atoms with Crippen molar-refractivity contribution < 1.29 is 14.2 Å². The third kappa shape index (κ3) is 3.72. The lowest BCUT2D eigenvalue weighted by atomic mass is 10.1. The maximum absolute atomic E-state index is 5.53. The summed E-state index contributed by atoms with van der Waals surface area (Å²) in [5.41, 5.74) is 2.90. The van der Waals surface area contributed by atoms with Crippen LogP contribution in [0.25, 0.3) is 10.9 Å². The van der Waals surface area contributed by atoms with Crippen molar-refractivity contribution in [2.75, 3.05) is 26.6 Å². The first-order valence-electron chi connectivity index (χ1n) is 8.69. The Bertz CT molecular complexity index is 946. The van der Waals surface area contributed by atoms with Gasteiger partial charge in [0.05, 0.1) is 26.7 Å². The van der Waals surface area contributed by atoms with E-state index in [1.807, 2.05) is 18.3 Å². The number of hydrogen-bond donors (Lipinski definition) is 1. The molecular formula is C20H24N4O3. The van der Waals surface area contributed by atoms with E-state index in [1.54, 1.807) is 21.3 Å². The van der Waals surface area contributed by atoms with Gasteiger partial charge in [-0.15, -0.1) is 0 Å². The van der Waals surface area contributed by atoms with Crippen molar-refractivity contribution in [1.82, 2.24) is 15.0 Å². The van der Waals surface area contributed by atoms with Gasteiger partial charge in [0, 0.05) is 24.4 Å². The van der Waals surface area contributed by atoms with Crippen LogP contribution in [0.15, 0.2) is 30.7 Å². The molecule has 1 unspecified atom stereocenters. The molecule has 2 heterocycles. The van der Waals surface area contributed by atoms with Crippen LogP contribution in [0.4, 0.5) is 5.82 Å². The van der Waals surface area contributed by atoms with Crippen molar-refractivity contribution in [3.05, 3.63) is 42.0 Å². The van der Waals surface area contributed by atoms with Crippen molar-refractivity contribution in [2.45, 2.75) is 26.3 Å². The average Bonchev–Trinajstić information content (AvgIpc) is 2.68. The van der Waals surface area contributed by atoms with E-state index in [-0.39, 0.29) is 6.04 Å². The highest BCUT2D eigenvalue weighted by molar-refractivity contribution is 5.96. The van der Waals surface area contributed by atoms with E-state index in [4.69, 9.17) is 14.2 Å². The van der Waals surface area contributed by atoms with E-state index in [0.717, 1.165) is 17.5 Å². The summed E-state index contributed by atoms with van der Waals surface area (Å²) in [6, 6.07) is 5.99. The second kappa shape index (κ2) is 8.07. The topological polar surface area (TPSA) is 78.4 Å². The van der Waals surface area contributed by atoms with Crippen molar-refractivity contribution in [2.24, 2.45) is 0 Å². The molecule has 142 valence electrons. The molecule has 0 aliphatic carbocycles. The number of nitrogens with zero attached hydrogens (tertiary/aromatic N) is 3. The summed E-state index contributed by atoms with van der Waals surface area (Å²) >= 11 is 0. The van der Waals surface area contributed by atoms with Gasteiger partial charge in [-0.3, -0.25) is 4.98 Å². The number of ether oxygens (including phenoxy) is 3. The molecule has 0 radical (unpaired) electrons. The highest BCUT2D eigenvalue weighted by atomic mass is 16.5. The molecule has 1 atom stereocenters. The predicted octanol–water partition coefficient (Wildman–Crippen LogP) is 3.40. The molecule has 3 aromatic rings. The van der Waals surface area contributed by atoms with E-state index >= 15 is 0 Å². The Kier molecular flexibility index (Phi) is 5.59. The van der Waals surface area contributed by atoms with Crippen LogP contribution in [0.3, 0.4) is 0 Å². The van der Waals surface area contributed by atoms with Gasteiger partial charge in [-0.05, 0) is 31.5 Å². The number of hydrogen-bond acceptors (Lipinski definition) is 7. The van der Waals surface area contributed by atoms with Crippen LogP contribution in [-0.4, -0.2) is 42.3 Å². The summed E-state index contributed by atoms with van der Waals surface area (Å²) in [5.74, 6) is 2.30. The van der Waals surface area contributed by atoms with E-state index in [1.165, 1.54) is 11.9 Å². The number of aromatic nitrogens is 3. The number of methoxy groups -OCH3 is 3. The minimum Gasteiger partial charge on any atom is -0.493 e. The molecule has 0 spiro atoms. The fourth-order valence-electron chi connectivity index (χ4n) is 3.09. The van der Waals surface area contributed by atoms with Gasteiger partial charge in [-0.25, -0.2) is 9.97 Å². The zero-order chi connectivity index (χ0) is 19.4. The lowest BCUT2D eigenvalue weighted by Gasteiger charge is -2.18. The van der Waals surface area contributed by atoms with Gasteiger partial charge in [0.1, 0.15) is 17.7 Å². The zero-order valence-electron chi connectivity index (χ0n) is 16.2. The van der Waals surface area contributed by atoms with E-state index in [2.05, 4.69) is 40.2 Å². The Balaban J connectivity index is 1.98. The number of rotatable bonds is 7. The number of nitrogens with one attached hydrogen (secondary N) is 1. The highest BCUT2D eigenvalue weighted by Crippen LogP contribution is 2.43. The Morgan fingerprint density at radius 2 is 1.81 bits per heavy atom. The molecule has 27 heavy (non-hydrogen) atoms. The van der Waals surface area contributed by atoms with E-state index in [9.17, 15) is 0 Å². The van der Waals surface area contributed by atoms with Crippen molar-refractivity contribution >= 4 is 16.7 Å². The molecule has 0 fully saturated rings. The van der Waals surface area contributed by atoms with Crippen LogP contribution in [0.5, 0.6) is 17.2 Å². The average molecular weight is 368 g/mol. The molecule has 7 nitrogen and oxygen atoms in total. The SMILES string of the molecule is COc1cc2c(NC(C)Cc3ncccc3C)ncnc2c(OC)c1OC. The van der Waals surface area contributed by atoms with Gasteiger partial charge in [0.25, 0.3) is 0 Å². The molecule has 0 saturated carbocycles. The smallest absolute Gasteiger partial charge is 0.205 e. The highest BCUT2D eigenvalue weighted by Gasteiger charge is 2.20. The number of pyridine rings is 1. The summed E-state index contributed by atoms with van der Waals surface area (Å²) in [7, 11) is 4.74. The number of fused-ring (bicyclic) bond motifs is 1. The van der Waals surface area contributed by atoms with Gasteiger partial charge in [0.2, 0.25) is 5.75 Å². The summed E-state index contributed by atoms with van der Waals surface area (Å²) < 4.78 is 16.4. The van der Waals surface area contributed by atoms with Crippen LogP contribution in [0.1, 0.15) is 18.2 Å². The molecule has 0 aliphatic heterocycles. The number of benzene rings is 1. The Labute approximate surface area is 158 Å². The first-order chi connectivity index (χ1) is 13.1. The summed E-state index contributed by atoms with van der Waals surface area (Å²) in [5, 5.41) is 4.26. The summed E-state index contributed by atoms with van der Waals surface area (Å²) in [6.07, 6.45) is 4.11. The molecule has 7 heteroatoms. The van der Waals surface area contributed by atoms with Gasteiger partial charge in [-0.2, -0.15) is 0 Å². The zero-order valence-corrected chi connectivity index (χ0v) is 16.2. The van der Waals surface area contributed by atoms with Crippen LogP contribution < -0.4 is 19.5 Å². The Morgan fingerprint density at radius 1 is 1.04 bits per heavy atom. The molecule has 1 aromatic carbocycles. The molecule has 3 rings (SSSR count). The maximum Gasteiger partial charge on any atom is 0.205 e. The molecule has 0 bridgehead atoms. The standard InChI is InChI=1S/C20H24N4O3/c1-12-7-6-8-21-15(12)9-13(2)24-20-14-10-16(25-3)18(26-4)19(27-5)17(14)22-11-23-20/h6-8,10-11,13H,9H2,1-5H3,(H,22,23,24). The molecule has 0 amide bonds. The monoisotopic (exact) mass is 368 g/mol. The minimum atomic E-state index is 0.121. The molecule has 0 saturated heterocycles. The predicted molar refractivity (Wildman–Crippen MR) is 105 cm³/mol. The lowest BCUT2D eigenvalue weighted by Crippen LogP contribution is -2.20. The second-order valence-corrected chi connectivity index (χ2v) is 6.28. The van der Waals surface area contributed by atoms with Gasteiger partial charge < -0.3 is 19.5 Å². The Morgan fingerprint density at radius 3 is 2.48 bits per heavy atom. The fraction of sp³-hybridized carbons (Fsp3) is 0.350. The largest absolute Gasteiger partial charge is 0.493 e. The van der Waals surface area contributed by atoms with Gasteiger partial charge in [0.15, 0.2) is 11.5 Å². The lowest BCUT2D eigenvalue weighted by molar-refractivity contribution is 0.327. The third-order valence-electron chi connectivity index (χ3n) is 4.43. The minimum absolute atomic E-state index is 0.121. The molecular weight excluding hydrogens is 344 g/mol. The van der Waals surface area contributed by atoms with Crippen molar-refractivity contribution in [3.63, 3.8) is 0 Å². The molecule has 0 aliphatic rings. The number of anilines is 1. The maximum atomic E-state index is 5.53. The summed E-state index contributed by atoms with van der Waals surface area (Å²) in [6.45, 7) is 4.16. The molecule has 2 aromatic heterocycles. The quantitative estimate of drug-likeness (QED) is 0.685. The van der Waals surface area contributed by atoms with Crippen molar-refractivity contribution in [3.8, 4) is 17.2 Å².